The van der Waals surface area contributed by atoms with Gasteiger partial charge in [0.1, 0.15) is 13.1 Å². The van der Waals surface area contributed by atoms with Crippen LogP contribution >= 0.6 is 0 Å². The molecule has 0 amide bonds. The van der Waals surface area contributed by atoms with Crippen molar-refractivity contribution >= 4 is 17.8 Å². The van der Waals surface area contributed by atoms with Gasteiger partial charge in [0.15, 0.2) is 5.82 Å². The molecule has 0 aliphatic carbocycles. The van der Waals surface area contributed by atoms with E-state index >= 15 is 0 Å². The van der Waals surface area contributed by atoms with Crippen molar-refractivity contribution in [3.63, 3.8) is 0 Å². The molecule has 1 rings (SSSR count). The number of hydrogen-bond acceptors (Lipinski definition) is 5. The highest BCUT2D eigenvalue weighted by Crippen LogP contribution is 2.12. The van der Waals surface area contributed by atoms with E-state index < -0.39 is 25.0 Å². The lowest BCUT2D eigenvalue weighted by Crippen LogP contribution is -2.35. The lowest BCUT2D eigenvalue weighted by Gasteiger charge is -2.20. The average Bonchev–Trinajstić information content (AvgIpc) is 2.15. The summed E-state index contributed by atoms with van der Waals surface area (Å²) < 4.78 is 0. The Morgan fingerprint density at radius 3 is 2.12 bits per heavy atom. The maximum Gasteiger partial charge on any atom is 0.323 e. The zero-order valence-electron chi connectivity index (χ0n) is 8.62. The Labute approximate surface area is 91.4 Å². The number of aliphatic carboxylic acids is 2. The van der Waals surface area contributed by atoms with E-state index in [2.05, 4.69) is 9.97 Å². The summed E-state index contributed by atoms with van der Waals surface area (Å²) in [6.45, 7) is 0.788. The number of carboxylic acids is 2. The number of aryl methyl sites for hydroxylation is 1. The summed E-state index contributed by atoms with van der Waals surface area (Å²) in [4.78, 5) is 30.2. The lowest BCUT2D eigenvalue weighted by molar-refractivity contribution is -0.136. The molecule has 0 radical (unpaired) electrons. The van der Waals surface area contributed by atoms with E-state index in [0.717, 1.165) is 4.90 Å². The second-order valence-corrected chi connectivity index (χ2v) is 3.11. The highest BCUT2D eigenvalue weighted by molar-refractivity contribution is 5.79. The van der Waals surface area contributed by atoms with Gasteiger partial charge in [-0.15, -0.1) is 0 Å². The fourth-order valence-corrected chi connectivity index (χ4v) is 1.24. The number of nitrogens with zero attached hydrogens (tertiary/aromatic N) is 3. The van der Waals surface area contributed by atoms with Gasteiger partial charge in [0, 0.05) is 12.4 Å². The minimum absolute atomic E-state index is 0.271. The molecule has 16 heavy (non-hydrogen) atoms. The van der Waals surface area contributed by atoms with Crippen molar-refractivity contribution < 1.29 is 19.8 Å². The molecular formula is C9H11N3O4. The van der Waals surface area contributed by atoms with E-state index in [1.807, 2.05) is 0 Å². The fourth-order valence-electron chi connectivity index (χ4n) is 1.24. The summed E-state index contributed by atoms with van der Waals surface area (Å²) in [5.41, 5.74) is 0.491. The molecule has 1 heterocycles. The Kier molecular flexibility index (Phi) is 3.76. The van der Waals surface area contributed by atoms with Crippen molar-refractivity contribution in [2.45, 2.75) is 6.92 Å². The Bertz CT molecular complexity index is 391. The number of aromatic nitrogens is 2. The van der Waals surface area contributed by atoms with Crippen LogP contribution in [0.5, 0.6) is 0 Å². The van der Waals surface area contributed by atoms with Crippen molar-refractivity contribution in [3.05, 3.63) is 18.1 Å². The van der Waals surface area contributed by atoms with Crippen LogP contribution in [0, 0.1) is 6.92 Å². The average molecular weight is 225 g/mol. The Balaban J connectivity index is 2.96. The van der Waals surface area contributed by atoms with E-state index in [9.17, 15) is 9.59 Å². The molecule has 0 fully saturated rings. The van der Waals surface area contributed by atoms with Crippen molar-refractivity contribution in [2.24, 2.45) is 0 Å². The molecular weight excluding hydrogens is 214 g/mol. The molecule has 1 aromatic rings. The van der Waals surface area contributed by atoms with Gasteiger partial charge in [0.2, 0.25) is 0 Å². The molecule has 0 aromatic carbocycles. The van der Waals surface area contributed by atoms with Crippen LogP contribution in [0.1, 0.15) is 5.69 Å². The van der Waals surface area contributed by atoms with Crippen molar-refractivity contribution in [1.29, 1.82) is 0 Å². The van der Waals surface area contributed by atoms with Crippen LogP contribution in [0.3, 0.4) is 0 Å². The van der Waals surface area contributed by atoms with Crippen LogP contribution in [0.2, 0.25) is 0 Å². The first-order chi connectivity index (χ1) is 7.50. The third-order valence-electron chi connectivity index (χ3n) is 1.81. The second-order valence-electron chi connectivity index (χ2n) is 3.11. The smallest absolute Gasteiger partial charge is 0.323 e. The summed E-state index contributed by atoms with van der Waals surface area (Å²) in [7, 11) is 0. The van der Waals surface area contributed by atoms with Crippen LogP contribution in [-0.2, 0) is 9.59 Å². The third-order valence-corrected chi connectivity index (χ3v) is 1.81. The number of carbonyl (C=O) groups is 2. The minimum Gasteiger partial charge on any atom is -0.480 e. The maximum absolute atomic E-state index is 10.6. The Morgan fingerprint density at radius 2 is 1.69 bits per heavy atom. The lowest BCUT2D eigenvalue weighted by atomic mass is 10.3. The molecule has 0 aliphatic rings. The SMILES string of the molecule is Cc1nccnc1N(CC(=O)O)CC(=O)O. The summed E-state index contributed by atoms with van der Waals surface area (Å²) >= 11 is 0. The van der Waals surface area contributed by atoms with Crippen LogP contribution in [-0.4, -0.2) is 45.2 Å². The van der Waals surface area contributed by atoms with Crippen LogP contribution in [0.15, 0.2) is 12.4 Å². The van der Waals surface area contributed by atoms with Crippen LogP contribution < -0.4 is 4.90 Å². The van der Waals surface area contributed by atoms with Gasteiger partial charge < -0.3 is 15.1 Å². The molecule has 0 bridgehead atoms. The molecule has 0 saturated carbocycles. The highest BCUT2D eigenvalue weighted by atomic mass is 16.4. The third kappa shape index (κ3) is 3.19. The van der Waals surface area contributed by atoms with Gasteiger partial charge in [-0.25, -0.2) is 4.98 Å². The summed E-state index contributed by atoms with van der Waals surface area (Å²) in [5, 5.41) is 17.3. The molecule has 7 nitrogen and oxygen atoms in total. The molecule has 0 unspecified atom stereocenters. The molecule has 86 valence electrons. The molecule has 0 aliphatic heterocycles. The monoisotopic (exact) mass is 225 g/mol. The molecule has 0 atom stereocenters. The largest absolute Gasteiger partial charge is 0.480 e. The molecule has 7 heteroatoms. The predicted molar refractivity (Wildman–Crippen MR) is 54.3 cm³/mol. The summed E-state index contributed by atoms with van der Waals surface area (Å²) in [5.74, 6) is -1.97. The summed E-state index contributed by atoms with van der Waals surface area (Å²) in [6.07, 6.45) is 2.84. The Morgan fingerprint density at radius 1 is 1.19 bits per heavy atom. The first-order valence-corrected chi connectivity index (χ1v) is 4.47. The number of anilines is 1. The minimum atomic E-state index is -1.12. The van der Waals surface area contributed by atoms with Gasteiger partial charge in [0.05, 0.1) is 5.69 Å². The van der Waals surface area contributed by atoms with Crippen LogP contribution in [0.25, 0.3) is 0 Å². The van der Waals surface area contributed by atoms with E-state index in [1.165, 1.54) is 12.4 Å². The van der Waals surface area contributed by atoms with Gasteiger partial charge in [-0.05, 0) is 6.92 Å². The van der Waals surface area contributed by atoms with Gasteiger partial charge in [-0.1, -0.05) is 0 Å². The Hall–Kier alpha value is -2.18. The van der Waals surface area contributed by atoms with Crippen molar-refractivity contribution in [1.82, 2.24) is 9.97 Å². The van der Waals surface area contributed by atoms with Gasteiger partial charge in [-0.2, -0.15) is 0 Å². The van der Waals surface area contributed by atoms with Gasteiger partial charge in [0.25, 0.3) is 0 Å². The molecule has 1 aromatic heterocycles. The second kappa shape index (κ2) is 5.06. The first kappa shape index (κ1) is 11.9. The number of carboxylic acid groups (broad SMARTS) is 2. The van der Waals surface area contributed by atoms with Crippen LogP contribution in [0.4, 0.5) is 5.82 Å². The predicted octanol–water partition coefficient (Wildman–Crippen LogP) is -0.239. The zero-order chi connectivity index (χ0) is 12.1. The fraction of sp³-hybridized carbons (Fsp3) is 0.333. The number of rotatable bonds is 5. The zero-order valence-corrected chi connectivity index (χ0v) is 8.62. The quantitative estimate of drug-likeness (QED) is 0.712. The van der Waals surface area contributed by atoms with Gasteiger partial charge >= 0.3 is 11.9 Å². The normalized spacial score (nSPS) is 9.81. The topological polar surface area (TPSA) is 104 Å². The maximum atomic E-state index is 10.6. The standard InChI is InChI=1S/C9H11N3O4/c1-6-9(11-3-2-10-6)12(4-7(13)14)5-8(15)16/h2-3H,4-5H2,1H3,(H,13,14)(H,15,16). The van der Waals surface area contributed by atoms with Gasteiger partial charge in [-0.3, -0.25) is 14.6 Å². The number of hydrogen-bond donors (Lipinski definition) is 2. The van der Waals surface area contributed by atoms with E-state index in [0.29, 0.717) is 5.69 Å². The highest BCUT2D eigenvalue weighted by Gasteiger charge is 2.17. The van der Waals surface area contributed by atoms with Crippen molar-refractivity contribution in [3.8, 4) is 0 Å². The van der Waals surface area contributed by atoms with E-state index in [4.69, 9.17) is 10.2 Å². The van der Waals surface area contributed by atoms with E-state index in [1.54, 1.807) is 6.92 Å². The molecule has 2 N–H and O–H groups in total. The summed E-state index contributed by atoms with van der Waals surface area (Å²) in [6, 6.07) is 0. The molecule has 0 spiro atoms. The molecule has 0 saturated heterocycles. The first-order valence-electron chi connectivity index (χ1n) is 4.47. The van der Waals surface area contributed by atoms with E-state index in [-0.39, 0.29) is 5.82 Å². The van der Waals surface area contributed by atoms with Crippen molar-refractivity contribution in [2.75, 3.05) is 18.0 Å².